The molecule has 4 N–H and O–H groups in total. The highest BCUT2D eigenvalue weighted by atomic mass is 16.5. The molecule has 0 saturated carbocycles. The molecule has 0 radical (unpaired) electrons. The number of aliphatic hydroxyl groups is 1. The molecule has 1 heterocycles. The van der Waals surface area contributed by atoms with E-state index in [0.29, 0.717) is 23.7 Å². The minimum atomic E-state index is -0.435. The van der Waals surface area contributed by atoms with Crippen molar-refractivity contribution in [1.82, 2.24) is 15.1 Å². The smallest absolute Gasteiger partial charge is 0.321 e. The predicted molar refractivity (Wildman–Crippen MR) is 143 cm³/mol. The molecule has 0 aliphatic carbocycles. The maximum Gasteiger partial charge on any atom is 0.321 e. The fraction of sp³-hybridized carbons (Fsp3) is 0.444. The fourth-order valence-electron chi connectivity index (χ4n) is 4.04. The summed E-state index contributed by atoms with van der Waals surface area (Å²) < 4.78 is 6.32. The van der Waals surface area contributed by atoms with Crippen molar-refractivity contribution in [2.45, 2.75) is 45.9 Å². The maximum absolute atomic E-state index is 13.5. The first-order valence-electron chi connectivity index (χ1n) is 12.5. The minimum absolute atomic E-state index is 0.0477. The molecule has 0 saturated heterocycles. The lowest BCUT2D eigenvalue weighted by Crippen LogP contribution is -2.50. The second-order valence-corrected chi connectivity index (χ2v) is 9.76. The Morgan fingerprint density at radius 3 is 2.46 bits per heavy atom. The summed E-state index contributed by atoms with van der Waals surface area (Å²) in [6, 6.07) is 12.9. The van der Waals surface area contributed by atoms with E-state index in [2.05, 4.69) is 16.0 Å². The van der Waals surface area contributed by atoms with Crippen LogP contribution >= 0.6 is 0 Å². The molecule has 10 nitrogen and oxygen atoms in total. The van der Waals surface area contributed by atoms with Gasteiger partial charge in [-0.15, -0.1) is 0 Å². The van der Waals surface area contributed by atoms with Gasteiger partial charge in [0.1, 0.15) is 11.9 Å². The van der Waals surface area contributed by atoms with Crippen LogP contribution in [-0.4, -0.2) is 77.8 Å². The number of amides is 5. The molecule has 2 aromatic carbocycles. The molecule has 3 rings (SSSR count). The van der Waals surface area contributed by atoms with E-state index < -0.39 is 12.1 Å². The van der Waals surface area contributed by atoms with Crippen LogP contribution in [0.5, 0.6) is 5.75 Å². The van der Waals surface area contributed by atoms with Gasteiger partial charge in [0, 0.05) is 36.9 Å². The van der Waals surface area contributed by atoms with Crippen molar-refractivity contribution in [3.8, 4) is 5.75 Å². The van der Waals surface area contributed by atoms with Gasteiger partial charge in [-0.3, -0.25) is 4.79 Å². The highest BCUT2D eigenvalue weighted by molar-refractivity contribution is 5.99. The number of hydrogen-bond acceptors (Lipinski definition) is 5. The lowest BCUT2D eigenvalue weighted by molar-refractivity contribution is 0.0371. The predicted octanol–water partition coefficient (Wildman–Crippen LogP) is 3.60. The Kier molecular flexibility index (Phi) is 9.35. The van der Waals surface area contributed by atoms with E-state index in [-0.39, 0.29) is 48.6 Å². The fourth-order valence-corrected chi connectivity index (χ4v) is 4.04. The topological polar surface area (TPSA) is 123 Å². The van der Waals surface area contributed by atoms with Crippen LogP contribution in [0.1, 0.15) is 38.1 Å². The van der Waals surface area contributed by atoms with E-state index in [1.54, 1.807) is 42.0 Å². The zero-order valence-electron chi connectivity index (χ0n) is 22.0. The summed E-state index contributed by atoms with van der Waals surface area (Å²) in [5.74, 6) is -0.0963. The highest BCUT2D eigenvalue weighted by Gasteiger charge is 2.34. The quantitative estimate of drug-likeness (QED) is 0.452. The Labute approximate surface area is 218 Å². The van der Waals surface area contributed by atoms with Crippen LogP contribution in [0.25, 0.3) is 0 Å². The Morgan fingerprint density at radius 1 is 1.11 bits per heavy atom. The maximum atomic E-state index is 13.5. The number of hydrogen-bond donors (Lipinski definition) is 4. The third kappa shape index (κ3) is 7.36. The van der Waals surface area contributed by atoms with Gasteiger partial charge >= 0.3 is 12.1 Å². The molecule has 3 atom stereocenters. The van der Waals surface area contributed by atoms with Crippen LogP contribution < -0.4 is 20.7 Å². The summed E-state index contributed by atoms with van der Waals surface area (Å²) in [7, 11) is 1.69. The van der Waals surface area contributed by atoms with Crippen molar-refractivity contribution >= 4 is 29.3 Å². The second kappa shape index (κ2) is 12.4. The van der Waals surface area contributed by atoms with Crippen molar-refractivity contribution in [3.63, 3.8) is 0 Å². The summed E-state index contributed by atoms with van der Waals surface area (Å²) in [6.07, 6.45) is -0.435. The molecule has 5 amide bonds. The molecule has 37 heavy (non-hydrogen) atoms. The van der Waals surface area contributed by atoms with E-state index in [4.69, 9.17) is 4.74 Å². The number of rotatable bonds is 7. The van der Waals surface area contributed by atoms with E-state index in [1.165, 1.54) is 0 Å². The summed E-state index contributed by atoms with van der Waals surface area (Å²) in [4.78, 5) is 41.7. The van der Waals surface area contributed by atoms with Gasteiger partial charge in [0.2, 0.25) is 0 Å². The molecular formula is C27H37N5O5. The van der Waals surface area contributed by atoms with Crippen molar-refractivity contribution in [3.05, 3.63) is 54.1 Å². The molecule has 0 unspecified atom stereocenters. The molecule has 2 aromatic rings. The number of carbonyl (C=O) groups excluding carboxylic acids is 3. The first-order chi connectivity index (χ1) is 17.6. The number of ether oxygens (including phenoxy) is 1. The molecule has 1 aliphatic heterocycles. The lowest BCUT2D eigenvalue weighted by atomic mass is 9.99. The van der Waals surface area contributed by atoms with Gasteiger partial charge in [0.05, 0.1) is 24.8 Å². The van der Waals surface area contributed by atoms with Crippen molar-refractivity contribution < 1.29 is 24.2 Å². The average molecular weight is 512 g/mol. The summed E-state index contributed by atoms with van der Waals surface area (Å²) in [6.45, 7) is 7.83. The van der Waals surface area contributed by atoms with Crippen molar-refractivity contribution in [2.24, 2.45) is 5.92 Å². The van der Waals surface area contributed by atoms with E-state index in [1.807, 2.05) is 51.1 Å². The largest absolute Gasteiger partial charge is 0.487 e. The third-order valence-corrected chi connectivity index (χ3v) is 6.17. The Hall–Kier alpha value is -3.79. The molecule has 0 spiro atoms. The number of benzene rings is 2. The van der Waals surface area contributed by atoms with Crippen LogP contribution in [-0.2, 0) is 0 Å². The summed E-state index contributed by atoms with van der Waals surface area (Å²) in [5, 5.41) is 18.2. The Balaban J connectivity index is 1.86. The lowest BCUT2D eigenvalue weighted by Gasteiger charge is -2.38. The summed E-state index contributed by atoms with van der Waals surface area (Å²) in [5.41, 5.74) is 1.40. The molecule has 1 aliphatic rings. The number of fused-ring (bicyclic) bond motifs is 1. The van der Waals surface area contributed by atoms with Crippen LogP contribution in [0.4, 0.5) is 21.0 Å². The number of carbonyl (C=O) groups is 3. The number of aliphatic hydroxyl groups excluding tert-OH is 1. The van der Waals surface area contributed by atoms with Gasteiger partial charge in [0.25, 0.3) is 5.91 Å². The Bertz CT molecular complexity index is 1090. The molecule has 200 valence electrons. The van der Waals surface area contributed by atoms with Gasteiger partial charge in [-0.2, -0.15) is 0 Å². The highest BCUT2D eigenvalue weighted by Crippen LogP contribution is 2.30. The van der Waals surface area contributed by atoms with Gasteiger partial charge in [-0.1, -0.05) is 25.1 Å². The van der Waals surface area contributed by atoms with Gasteiger partial charge in [-0.25, -0.2) is 9.59 Å². The first-order valence-corrected chi connectivity index (χ1v) is 12.5. The Morgan fingerprint density at radius 2 is 1.81 bits per heavy atom. The number of urea groups is 2. The summed E-state index contributed by atoms with van der Waals surface area (Å²) >= 11 is 0. The average Bonchev–Trinajstić information content (AvgIpc) is 2.86. The van der Waals surface area contributed by atoms with Crippen LogP contribution in [0.3, 0.4) is 0 Å². The second-order valence-electron chi connectivity index (χ2n) is 9.76. The molecule has 0 aromatic heterocycles. The minimum Gasteiger partial charge on any atom is -0.487 e. The standard InChI is InChI=1S/C27H37N5O5/c1-17(2)28-26(35)29-21-11-12-23-22(13-21)25(34)32(19(4)16-33)14-18(3)24(37-23)15-31(5)27(36)30-20-9-7-6-8-10-20/h6-13,17-19,24,33H,14-16H2,1-5H3,(H,30,36)(H2,28,29,35)/t18-,19+,24-/m0/s1. The zero-order valence-corrected chi connectivity index (χ0v) is 22.0. The monoisotopic (exact) mass is 511 g/mol. The van der Waals surface area contributed by atoms with Gasteiger partial charge < -0.3 is 35.6 Å². The number of anilines is 2. The van der Waals surface area contributed by atoms with E-state index >= 15 is 0 Å². The van der Waals surface area contributed by atoms with Gasteiger partial charge in [-0.05, 0) is 51.1 Å². The molecule has 0 bridgehead atoms. The molecule has 10 heteroatoms. The SMILES string of the molecule is CC(C)NC(=O)Nc1ccc2c(c1)C(=O)N([C@H](C)CO)C[C@H](C)[C@H](CN(C)C(=O)Nc1ccccc1)O2. The third-order valence-electron chi connectivity index (χ3n) is 6.17. The van der Waals surface area contributed by atoms with Crippen LogP contribution in [0.15, 0.2) is 48.5 Å². The number of likely N-dealkylation sites (N-methyl/N-ethyl adjacent to an activating group) is 1. The number of nitrogens with zero attached hydrogens (tertiary/aromatic N) is 2. The van der Waals surface area contributed by atoms with Crippen LogP contribution in [0, 0.1) is 5.92 Å². The zero-order chi connectivity index (χ0) is 27.1. The molecular weight excluding hydrogens is 474 g/mol. The molecule has 0 fully saturated rings. The number of para-hydroxylation sites is 1. The van der Waals surface area contributed by atoms with Crippen molar-refractivity contribution in [1.29, 1.82) is 0 Å². The van der Waals surface area contributed by atoms with Gasteiger partial charge in [0.15, 0.2) is 0 Å². The first kappa shape index (κ1) is 27.8. The number of nitrogens with one attached hydrogen (secondary N) is 3. The van der Waals surface area contributed by atoms with E-state index in [9.17, 15) is 19.5 Å². The normalized spacial score (nSPS) is 18.1. The van der Waals surface area contributed by atoms with E-state index in [0.717, 1.165) is 0 Å². The van der Waals surface area contributed by atoms with Crippen molar-refractivity contribution in [2.75, 3.05) is 37.4 Å². The van der Waals surface area contributed by atoms with Crippen LogP contribution in [0.2, 0.25) is 0 Å².